The van der Waals surface area contributed by atoms with Crippen LogP contribution in [-0.4, -0.2) is 49.1 Å². The summed E-state index contributed by atoms with van der Waals surface area (Å²) >= 11 is 0. The van der Waals surface area contributed by atoms with E-state index in [1.165, 1.54) is 0 Å². The Bertz CT molecular complexity index is 287. The second kappa shape index (κ2) is 4.82. The lowest BCUT2D eigenvalue weighted by atomic mass is 9.99. The number of likely N-dealkylation sites (tertiary alicyclic amines) is 1. The quantitative estimate of drug-likeness (QED) is 0.704. The fourth-order valence-corrected chi connectivity index (χ4v) is 2.11. The van der Waals surface area contributed by atoms with Gasteiger partial charge in [0.15, 0.2) is 0 Å². The van der Waals surface area contributed by atoms with Gasteiger partial charge >= 0.3 is 6.03 Å². The van der Waals surface area contributed by atoms with Crippen LogP contribution in [0.1, 0.15) is 19.8 Å². The Morgan fingerprint density at radius 2 is 2.38 bits per heavy atom. The van der Waals surface area contributed by atoms with E-state index in [1.54, 1.807) is 4.90 Å². The van der Waals surface area contributed by atoms with Crippen molar-refractivity contribution in [3.05, 3.63) is 0 Å². The Balaban J connectivity index is 1.82. The lowest BCUT2D eigenvalue weighted by molar-refractivity contribution is -0.124. The van der Waals surface area contributed by atoms with Gasteiger partial charge in [0.1, 0.15) is 5.78 Å². The summed E-state index contributed by atoms with van der Waals surface area (Å²) in [5, 5.41) is 2.93. The number of carbonyl (C=O) groups excluding carboxylic acids is 2. The van der Waals surface area contributed by atoms with Crippen LogP contribution in [0.5, 0.6) is 0 Å². The van der Waals surface area contributed by atoms with E-state index >= 15 is 0 Å². The molecular formula is C11H18N2O3. The van der Waals surface area contributed by atoms with E-state index in [0.29, 0.717) is 26.1 Å². The predicted octanol–water partition coefficient (Wildman–Crippen LogP) is 0.396. The van der Waals surface area contributed by atoms with E-state index in [1.807, 2.05) is 6.92 Å². The third kappa shape index (κ3) is 2.52. The molecule has 2 heterocycles. The van der Waals surface area contributed by atoms with E-state index in [-0.39, 0.29) is 23.8 Å². The molecule has 0 aromatic rings. The first-order chi connectivity index (χ1) is 7.66. The second-order valence-corrected chi connectivity index (χ2v) is 4.57. The lowest BCUT2D eigenvalue weighted by Gasteiger charge is -2.30. The van der Waals surface area contributed by atoms with Gasteiger partial charge in [0.25, 0.3) is 0 Å². The van der Waals surface area contributed by atoms with E-state index in [4.69, 9.17) is 4.74 Å². The maximum absolute atomic E-state index is 11.9. The number of Topliss-reactive ketones (excluding diaryl/α,β-unsaturated/α-hetero) is 1. The number of nitrogens with one attached hydrogen (secondary N) is 1. The topological polar surface area (TPSA) is 58.6 Å². The van der Waals surface area contributed by atoms with E-state index in [0.717, 1.165) is 13.0 Å². The summed E-state index contributed by atoms with van der Waals surface area (Å²) in [7, 11) is 0. The minimum absolute atomic E-state index is 0.0284. The van der Waals surface area contributed by atoms with Gasteiger partial charge in [0.2, 0.25) is 0 Å². The van der Waals surface area contributed by atoms with Crippen LogP contribution in [0.3, 0.4) is 0 Å². The van der Waals surface area contributed by atoms with Crippen molar-refractivity contribution in [1.29, 1.82) is 0 Å². The number of rotatable bonds is 1. The van der Waals surface area contributed by atoms with Crippen LogP contribution >= 0.6 is 0 Å². The maximum atomic E-state index is 11.9. The number of hydrogen-bond donors (Lipinski definition) is 1. The van der Waals surface area contributed by atoms with Gasteiger partial charge in [0.05, 0.1) is 12.6 Å². The summed E-state index contributed by atoms with van der Waals surface area (Å²) in [4.78, 5) is 24.9. The molecule has 2 amide bonds. The molecule has 5 nitrogen and oxygen atoms in total. The van der Waals surface area contributed by atoms with Crippen LogP contribution < -0.4 is 5.32 Å². The second-order valence-electron chi connectivity index (χ2n) is 4.57. The first-order valence-corrected chi connectivity index (χ1v) is 5.82. The number of nitrogens with zero attached hydrogens (tertiary/aromatic N) is 1. The summed E-state index contributed by atoms with van der Waals surface area (Å²) in [6.07, 6.45) is 1.36. The highest BCUT2D eigenvalue weighted by atomic mass is 16.5. The molecule has 16 heavy (non-hydrogen) atoms. The molecule has 0 aliphatic carbocycles. The van der Waals surface area contributed by atoms with Crippen LogP contribution in [0.25, 0.3) is 0 Å². The van der Waals surface area contributed by atoms with Crippen LogP contribution in [0, 0.1) is 5.92 Å². The Morgan fingerprint density at radius 1 is 1.56 bits per heavy atom. The normalized spacial score (nSPS) is 30.6. The minimum atomic E-state index is -0.0603. The van der Waals surface area contributed by atoms with E-state index < -0.39 is 0 Å². The average molecular weight is 226 g/mol. The minimum Gasteiger partial charge on any atom is -0.379 e. The number of carbonyl (C=O) groups is 2. The zero-order valence-electron chi connectivity index (χ0n) is 9.57. The highest BCUT2D eigenvalue weighted by molar-refractivity contribution is 5.84. The summed E-state index contributed by atoms with van der Waals surface area (Å²) in [6, 6.07) is 0.0790. The summed E-state index contributed by atoms with van der Waals surface area (Å²) in [6.45, 7) is 4.29. The Hall–Kier alpha value is -1.10. The van der Waals surface area contributed by atoms with Gasteiger partial charge in [0, 0.05) is 32.0 Å². The third-order valence-electron chi connectivity index (χ3n) is 3.22. The van der Waals surface area contributed by atoms with Crippen LogP contribution in [0.2, 0.25) is 0 Å². The van der Waals surface area contributed by atoms with Gasteiger partial charge in [-0.3, -0.25) is 4.79 Å². The zero-order valence-corrected chi connectivity index (χ0v) is 9.57. The molecular weight excluding hydrogens is 208 g/mol. The van der Waals surface area contributed by atoms with Crippen molar-refractivity contribution in [2.75, 3.05) is 26.3 Å². The maximum Gasteiger partial charge on any atom is 0.317 e. The number of ketones is 1. The summed E-state index contributed by atoms with van der Waals surface area (Å²) in [5.41, 5.74) is 0. The van der Waals surface area contributed by atoms with E-state index in [2.05, 4.69) is 5.32 Å². The molecule has 2 rings (SSSR count). The Morgan fingerprint density at radius 3 is 3.00 bits per heavy atom. The number of piperidine rings is 1. The van der Waals surface area contributed by atoms with Gasteiger partial charge in [-0.05, 0) is 6.42 Å². The number of hydrogen-bond acceptors (Lipinski definition) is 3. The molecule has 0 saturated carbocycles. The number of urea groups is 1. The van der Waals surface area contributed by atoms with Crippen molar-refractivity contribution in [1.82, 2.24) is 10.2 Å². The van der Waals surface area contributed by atoms with Crippen molar-refractivity contribution in [2.45, 2.75) is 25.8 Å². The van der Waals surface area contributed by atoms with Gasteiger partial charge in [-0.2, -0.15) is 0 Å². The Kier molecular flexibility index (Phi) is 3.43. The molecule has 2 unspecified atom stereocenters. The molecule has 2 atom stereocenters. The standard InChI is InChI=1S/C11H18N2O3/c1-8-6-13(4-2-10(8)14)11(15)12-9-3-5-16-7-9/h8-9H,2-7H2,1H3,(H,12,15). The van der Waals surface area contributed by atoms with Gasteiger partial charge in [-0.25, -0.2) is 4.79 Å². The third-order valence-corrected chi connectivity index (χ3v) is 3.22. The molecule has 0 radical (unpaired) electrons. The zero-order chi connectivity index (χ0) is 11.5. The van der Waals surface area contributed by atoms with Crippen LogP contribution in [-0.2, 0) is 9.53 Å². The Labute approximate surface area is 95.1 Å². The van der Waals surface area contributed by atoms with Gasteiger partial charge in [-0.15, -0.1) is 0 Å². The molecule has 0 bridgehead atoms. The molecule has 0 aromatic heterocycles. The first kappa shape index (κ1) is 11.4. The molecule has 5 heteroatoms. The highest BCUT2D eigenvalue weighted by Gasteiger charge is 2.28. The van der Waals surface area contributed by atoms with Crippen molar-refractivity contribution >= 4 is 11.8 Å². The lowest BCUT2D eigenvalue weighted by Crippen LogP contribution is -2.50. The molecule has 2 aliphatic heterocycles. The molecule has 90 valence electrons. The smallest absolute Gasteiger partial charge is 0.317 e. The molecule has 2 saturated heterocycles. The van der Waals surface area contributed by atoms with Crippen molar-refractivity contribution in [2.24, 2.45) is 5.92 Å². The predicted molar refractivity (Wildman–Crippen MR) is 58.1 cm³/mol. The molecule has 2 fully saturated rings. The van der Waals surface area contributed by atoms with Crippen LogP contribution in [0.4, 0.5) is 4.79 Å². The van der Waals surface area contributed by atoms with Crippen molar-refractivity contribution in [3.63, 3.8) is 0 Å². The SMILES string of the molecule is CC1CN(C(=O)NC2CCOC2)CCC1=O. The summed E-state index contributed by atoms with van der Waals surface area (Å²) < 4.78 is 5.20. The monoisotopic (exact) mass is 226 g/mol. The highest BCUT2D eigenvalue weighted by Crippen LogP contribution is 2.13. The number of amides is 2. The van der Waals surface area contributed by atoms with Gasteiger partial charge in [-0.1, -0.05) is 6.92 Å². The fourth-order valence-electron chi connectivity index (χ4n) is 2.11. The largest absolute Gasteiger partial charge is 0.379 e. The van der Waals surface area contributed by atoms with E-state index in [9.17, 15) is 9.59 Å². The first-order valence-electron chi connectivity index (χ1n) is 5.82. The van der Waals surface area contributed by atoms with Crippen LogP contribution in [0.15, 0.2) is 0 Å². The average Bonchev–Trinajstić information content (AvgIpc) is 2.74. The molecule has 2 aliphatic rings. The van der Waals surface area contributed by atoms with Gasteiger partial charge < -0.3 is 15.0 Å². The fraction of sp³-hybridized carbons (Fsp3) is 0.818. The molecule has 0 spiro atoms. The molecule has 0 aromatic carbocycles. The molecule has 1 N–H and O–H groups in total. The number of ether oxygens (including phenoxy) is 1. The summed E-state index contributed by atoms with van der Waals surface area (Å²) in [5.74, 6) is 0.229. The van der Waals surface area contributed by atoms with Crippen molar-refractivity contribution < 1.29 is 14.3 Å². The van der Waals surface area contributed by atoms with Crippen molar-refractivity contribution in [3.8, 4) is 0 Å².